The zero-order valence-corrected chi connectivity index (χ0v) is 10.5. The van der Waals surface area contributed by atoms with Crippen molar-refractivity contribution in [3.8, 4) is 0 Å². The molecule has 0 saturated heterocycles. The minimum atomic E-state index is -0.966. The minimum absolute atomic E-state index is 0.0804. The number of hydrogen-bond acceptors (Lipinski definition) is 4. The zero-order chi connectivity index (χ0) is 14.4. The van der Waals surface area contributed by atoms with Crippen molar-refractivity contribution in [1.29, 1.82) is 0 Å². The second-order valence-corrected chi connectivity index (χ2v) is 4.11. The molecule has 0 heterocycles. The number of nitrogens with zero attached hydrogens (tertiary/aromatic N) is 1. The maximum Gasteiger partial charge on any atom is 0.303 e. The average Bonchev–Trinajstić information content (AvgIpc) is 2.33. The van der Waals surface area contributed by atoms with E-state index in [9.17, 15) is 19.7 Å². The number of aliphatic carboxylic acids is 1. The third-order valence-electron chi connectivity index (χ3n) is 2.25. The van der Waals surface area contributed by atoms with Crippen molar-refractivity contribution in [1.82, 2.24) is 5.32 Å². The predicted octanol–water partition coefficient (Wildman–Crippen LogP) is 1.84. The number of halogens is 1. The first-order valence-electron chi connectivity index (χ1n) is 5.35. The van der Waals surface area contributed by atoms with Crippen molar-refractivity contribution in [3.63, 3.8) is 0 Å². The van der Waals surface area contributed by atoms with Crippen LogP contribution in [0.25, 0.3) is 0 Å². The van der Waals surface area contributed by atoms with E-state index in [2.05, 4.69) is 5.32 Å². The number of hydrogen-bond donors (Lipinski definition) is 2. The van der Waals surface area contributed by atoms with Gasteiger partial charge in [0.05, 0.1) is 4.92 Å². The van der Waals surface area contributed by atoms with Gasteiger partial charge in [-0.3, -0.25) is 19.7 Å². The van der Waals surface area contributed by atoms with Crippen LogP contribution >= 0.6 is 11.6 Å². The Kier molecular flexibility index (Phi) is 5.25. The average molecular weight is 287 g/mol. The van der Waals surface area contributed by atoms with E-state index in [1.807, 2.05) is 0 Å². The molecule has 0 unspecified atom stereocenters. The van der Waals surface area contributed by atoms with Crippen LogP contribution in [0.15, 0.2) is 18.2 Å². The van der Waals surface area contributed by atoms with Crippen LogP contribution in [-0.2, 0) is 4.79 Å². The van der Waals surface area contributed by atoms with Gasteiger partial charge in [0.25, 0.3) is 11.6 Å². The smallest absolute Gasteiger partial charge is 0.303 e. The summed E-state index contributed by atoms with van der Waals surface area (Å²) in [5.41, 5.74) is -0.493. The quantitative estimate of drug-likeness (QED) is 0.471. The lowest BCUT2D eigenvalue weighted by molar-refractivity contribution is -0.385. The van der Waals surface area contributed by atoms with Gasteiger partial charge in [0, 0.05) is 24.1 Å². The Morgan fingerprint density at radius 3 is 2.68 bits per heavy atom. The fraction of sp³-hybridized carbons (Fsp3) is 0.273. The highest BCUT2D eigenvalue weighted by Crippen LogP contribution is 2.22. The summed E-state index contributed by atoms with van der Waals surface area (Å²) in [5.74, 6) is -1.60. The van der Waals surface area contributed by atoms with E-state index < -0.39 is 16.8 Å². The second kappa shape index (κ2) is 6.69. The molecule has 1 aromatic rings. The molecule has 2 N–H and O–H groups in total. The van der Waals surface area contributed by atoms with Crippen LogP contribution in [0.1, 0.15) is 23.2 Å². The first-order chi connectivity index (χ1) is 8.91. The molecular formula is C11H11ClN2O5. The van der Waals surface area contributed by atoms with Crippen molar-refractivity contribution >= 4 is 29.2 Å². The highest BCUT2D eigenvalue weighted by Gasteiger charge is 2.20. The molecule has 0 fully saturated rings. The highest BCUT2D eigenvalue weighted by atomic mass is 35.5. The number of nitro groups is 1. The maximum atomic E-state index is 11.7. The summed E-state index contributed by atoms with van der Waals surface area (Å²) in [6, 6.07) is 3.72. The van der Waals surface area contributed by atoms with Gasteiger partial charge in [-0.2, -0.15) is 0 Å². The molecule has 0 atom stereocenters. The SMILES string of the molecule is O=C(O)CCCNC(=O)c1ccc(Cl)cc1[N+](=O)[O-]. The van der Waals surface area contributed by atoms with Crippen molar-refractivity contribution in [3.05, 3.63) is 38.9 Å². The van der Waals surface area contributed by atoms with Crippen molar-refractivity contribution in [2.45, 2.75) is 12.8 Å². The summed E-state index contributed by atoms with van der Waals surface area (Å²) in [5, 5.41) is 21.8. The molecule has 102 valence electrons. The Hall–Kier alpha value is -2.15. The summed E-state index contributed by atoms with van der Waals surface area (Å²) in [6.45, 7) is 0.130. The predicted molar refractivity (Wildman–Crippen MR) is 67.3 cm³/mol. The van der Waals surface area contributed by atoms with Crippen LogP contribution in [0.2, 0.25) is 5.02 Å². The van der Waals surface area contributed by atoms with Gasteiger partial charge in [0.1, 0.15) is 5.56 Å². The molecule has 1 amide bonds. The van der Waals surface area contributed by atoms with Crippen LogP contribution in [0, 0.1) is 10.1 Å². The fourth-order valence-corrected chi connectivity index (χ4v) is 1.55. The topological polar surface area (TPSA) is 110 Å². The number of carbonyl (C=O) groups is 2. The third-order valence-corrected chi connectivity index (χ3v) is 2.49. The van der Waals surface area contributed by atoms with Gasteiger partial charge in [-0.25, -0.2) is 0 Å². The third kappa shape index (κ3) is 4.55. The van der Waals surface area contributed by atoms with Crippen molar-refractivity contribution < 1.29 is 19.6 Å². The fourth-order valence-electron chi connectivity index (χ4n) is 1.38. The molecule has 0 spiro atoms. The second-order valence-electron chi connectivity index (χ2n) is 3.67. The molecule has 0 aliphatic carbocycles. The molecule has 0 aliphatic heterocycles. The molecular weight excluding hydrogens is 276 g/mol. The van der Waals surface area contributed by atoms with Crippen LogP contribution in [0.4, 0.5) is 5.69 Å². The molecule has 0 aromatic heterocycles. The van der Waals surface area contributed by atoms with Gasteiger partial charge in [0.2, 0.25) is 0 Å². The van der Waals surface area contributed by atoms with E-state index >= 15 is 0 Å². The Morgan fingerprint density at radius 2 is 2.11 bits per heavy atom. The maximum absolute atomic E-state index is 11.7. The lowest BCUT2D eigenvalue weighted by Gasteiger charge is -2.05. The van der Waals surface area contributed by atoms with Gasteiger partial charge >= 0.3 is 5.97 Å². The molecule has 19 heavy (non-hydrogen) atoms. The van der Waals surface area contributed by atoms with Crippen LogP contribution in [0.3, 0.4) is 0 Å². The Balaban J connectivity index is 2.71. The Morgan fingerprint density at radius 1 is 1.42 bits per heavy atom. The Bertz CT molecular complexity index is 518. The summed E-state index contributed by atoms with van der Waals surface area (Å²) in [6.07, 6.45) is 0.172. The van der Waals surface area contributed by atoms with E-state index in [4.69, 9.17) is 16.7 Å². The van der Waals surface area contributed by atoms with Crippen LogP contribution in [-0.4, -0.2) is 28.5 Å². The molecule has 0 radical (unpaired) electrons. The van der Waals surface area contributed by atoms with Crippen LogP contribution < -0.4 is 5.32 Å². The normalized spacial score (nSPS) is 9.95. The largest absolute Gasteiger partial charge is 0.481 e. The van der Waals surface area contributed by atoms with Gasteiger partial charge in [-0.05, 0) is 18.6 Å². The summed E-state index contributed by atoms with van der Waals surface area (Å²) < 4.78 is 0. The summed E-state index contributed by atoms with van der Waals surface area (Å²) >= 11 is 5.63. The molecule has 8 heteroatoms. The van der Waals surface area contributed by atoms with E-state index in [1.165, 1.54) is 12.1 Å². The van der Waals surface area contributed by atoms with Crippen LogP contribution in [0.5, 0.6) is 0 Å². The number of amides is 1. The molecule has 0 bridgehead atoms. The van der Waals surface area contributed by atoms with E-state index in [0.29, 0.717) is 0 Å². The molecule has 0 aliphatic rings. The monoisotopic (exact) mass is 286 g/mol. The van der Waals surface area contributed by atoms with Gasteiger partial charge in [-0.1, -0.05) is 11.6 Å². The number of carbonyl (C=O) groups excluding carboxylic acids is 1. The number of rotatable bonds is 6. The minimum Gasteiger partial charge on any atom is -0.481 e. The first-order valence-corrected chi connectivity index (χ1v) is 5.73. The van der Waals surface area contributed by atoms with Gasteiger partial charge in [0.15, 0.2) is 0 Å². The summed E-state index contributed by atoms with van der Waals surface area (Å²) in [4.78, 5) is 32.1. The molecule has 7 nitrogen and oxygen atoms in total. The summed E-state index contributed by atoms with van der Waals surface area (Å²) in [7, 11) is 0. The molecule has 1 aromatic carbocycles. The number of carboxylic acids is 1. The first kappa shape index (κ1) is 14.9. The lowest BCUT2D eigenvalue weighted by Crippen LogP contribution is -2.25. The lowest BCUT2D eigenvalue weighted by atomic mass is 10.1. The van der Waals surface area contributed by atoms with E-state index in [1.54, 1.807) is 0 Å². The van der Waals surface area contributed by atoms with Gasteiger partial charge in [-0.15, -0.1) is 0 Å². The number of carboxylic acid groups (broad SMARTS) is 1. The van der Waals surface area contributed by atoms with Crippen molar-refractivity contribution in [2.24, 2.45) is 0 Å². The number of benzene rings is 1. The highest BCUT2D eigenvalue weighted by molar-refractivity contribution is 6.31. The standard InChI is InChI=1S/C11H11ClN2O5/c12-7-3-4-8(9(6-7)14(18)19)11(17)13-5-1-2-10(15)16/h3-4,6H,1-2,5H2,(H,13,17)(H,15,16). The van der Waals surface area contributed by atoms with E-state index in [-0.39, 0.29) is 35.7 Å². The number of nitro benzene ring substituents is 1. The molecule has 0 saturated carbocycles. The van der Waals surface area contributed by atoms with E-state index in [0.717, 1.165) is 6.07 Å². The zero-order valence-electron chi connectivity index (χ0n) is 9.76. The molecule has 1 rings (SSSR count). The van der Waals surface area contributed by atoms with Gasteiger partial charge < -0.3 is 10.4 Å². The Labute approximate surface area is 113 Å². The number of nitrogens with one attached hydrogen (secondary N) is 1. The van der Waals surface area contributed by atoms with Crippen molar-refractivity contribution in [2.75, 3.05) is 6.54 Å².